The van der Waals surface area contributed by atoms with E-state index in [4.69, 9.17) is 5.26 Å². The monoisotopic (exact) mass is 254 g/mol. The van der Waals surface area contributed by atoms with Crippen molar-refractivity contribution in [1.29, 1.82) is 5.26 Å². The Kier molecular flexibility index (Phi) is 3.17. The molecule has 7 heteroatoms. The van der Waals surface area contributed by atoms with Gasteiger partial charge in [0.25, 0.3) is 0 Å². The van der Waals surface area contributed by atoms with Crippen molar-refractivity contribution in [2.75, 3.05) is 0 Å². The second-order valence-electron chi connectivity index (χ2n) is 4.24. The highest BCUT2D eigenvalue weighted by atomic mass is 32.2. The fourth-order valence-corrected chi connectivity index (χ4v) is 3.35. The number of hydrogen-bond donors (Lipinski definition) is 1. The smallest absolute Gasteiger partial charge is 0.243 e. The Morgan fingerprint density at radius 3 is 2.94 bits per heavy atom. The van der Waals surface area contributed by atoms with Crippen molar-refractivity contribution < 1.29 is 8.42 Å². The van der Waals surface area contributed by atoms with E-state index in [1.165, 1.54) is 17.1 Å². The van der Waals surface area contributed by atoms with Gasteiger partial charge < -0.3 is 0 Å². The van der Waals surface area contributed by atoms with Gasteiger partial charge in [0, 0.05) is 19.3 Å². The third-order valence-corrected chi connectivity index (χ3v) is 4.42. The molecule has 1 aliphatic rings. The summed E-state index contributed by atoms with van der Waals surface area (Å²) in [6, 6.07) is 1.87. The van der Waals surface area contributed by atoms with Crippen LogP contribution in [0.25, 0.3) is 0 Å². The Bertz CT molecular complexity index is 543. The fraction of sp³-hybridized carbons (Fsp3) is 0.600. The molecule has 2 atom stereocenters. The maximum atomic E-state index is 12.0. The van der Waals surface area contributed by atoms with Crippen LogP contribution in [-0.2, 0) is 17.1 Å². The van der Waals surface area contributed by atoms with Crippen LogP contribution in [0.3, 0.4) is 0 Å². The molecule has 0 bridgehead atoms. The standard InChI is InChI=1S/C10H14N4O2S/c1-14-7-9(6-12-14)17(15,16)13-10-4-2-3-8(10)5-11/h6-8,10,13H,2-4H2,1H3. The summed E-state index contributed by atoms with van der Waals surface area (Å²) in [6.45, 7) is 0. The predicted molar refractivity (Wildman–Crippen MR) is 60.3 cm³/mol. The zero-order chi connectivity index (χ0) is 12.5. The van der Waals surface area contributed by atoms with Crippen molar-refractivity contribution in [3.63, 3.8) is 0 Å². The lowest BCUT2D eigenvalue weighted by Gasteiger charge is -2.14. The van der Waals surface area contributed by atoms with Crippen molar-refractivity contribution in [2.45, 2.75) is 30.2 Å². The van der Waals surface area contributed by atoms with Gasteiger partial charge in [-0.15, -0.1) is 0 Å². The van der Waals surface area contributed by atoms with Crippen LogP contribution in [0.15, 0.2) is 17.3 Å². The molecule has 1 N–H and O–H groups in total. The van der Waals surface area contributed by atoms with Gasteiger partial charge in [-0.1, -0.05) is 6.42 Å². The largest absolute Gasteiger partial charge is 0.274 e. The SMILES string of the molecule is Cn1cc(S(=O)(=O)NC2CCCC2C#N)cn1. The third-order valence-electron chi connectivity index (χ3n) is 2.98. The highest BCUT2D eigenvalue weighted by Gasteiger charge is 2.31. The van der Waals surface area contributed by atoms with Crippen LogP contribution in [0.2, 0.25) is 0 Å². The molecule has 0 aromatic carbocycles. The average Bonchev–Trinajstić information content (AvgIpc) is 2.86. The average molecular weight is 254 g/mol. The molecule has 1 aromatic rings. The van der Waals surface area contributed by atoms with Gasteiger partial charge in [-0.05, 0) is 12.8 Å². The van der Waals surface area contributed by atoms with Gasteiger partial charge in [0.2, 0.25) is 10.0 Å². The van der Waals surface area contributed by atoms with Crippen molar-refractivity contribution in [1.82, 2.24) is 14.5 Å². The maximum Gasteiger partial charge on any atom is 0.243 e. The molecule has 17 heavy (non-hydrogen) atoms. The minimum atomic E-state index is -3.55. The molecule has 1 fully saturated rings. The van der Waals surface area contributed by atoms with Gasteiger partial charge in [-0.2, -0.15) is 10.4 Å². The summed E-state index contributed by atoms with van der Waals surface area (Å²) in [5, 5.41) is 12.7. The van der Waals surface area contributed by atoms with Crippen molar-refractivity contribution in [3.05, 3.63) is 12.4 Å². The van der Waals surface area contributed by atoms with Gasteiger partial charge in [0.1, 0.15) is 4.90 Å². The van der Waals surface area contributed by atoms with E-state index in [1.54, 1.807) is 7.05 Å². The Balaban J connectivity index is 2.16. The summed E-state index contributed by atoms with van der Waals surface area (Å²) < 4.78 is 28.0. The van der Waals surface area contributed by atoms with Gasteiger partial charge in [0.15, 0.2) is 0 Å². The second-order valence-corrected chi connectivity index (χ2v) is 5.96. The summed E-state index contributed by atoms with van der Waals surface area (Å²) in [4.78, 5) is 0.142. The highest BCUT2D eigenvalue weighted by molar-refractivity contribution is 7.89. The number of sulfonamides is 1. The van der Waals surface area contributed by atoms with Crippen molar-refractivity contribution >= 4 is 10.0 Å². The molecule has 2 unspecified atom stereocenters. The Labute approximate surface area is 100 Å². The fourth-order valence-electron chi connectivity index (χ4n) is 2.06. The zero-order valence-electron chi connectivity index (χ0n) is 9.50. The van der Waals surface area contributed by atoms with E-state index in [0.717, 1.165) is 19.3 Å². The van der Waals surface area contributed by atoms with E-state index in [2.05, 4.69) is 15.9 Å². The minimum absolute atomic E-state index is 0.142. The minimum Gasteiger partial charge on any atom is -0.274 e. The molecule has 0 spiro atoms. The Morgan fingerprint density at radius 1 is 1.59 bits per heavy atom. The Morgan fingerprint density at radius 2 is 2.35 bits per heavy atom. The van der Waals surface area contributed by atoms with Crippen LogP contribution in [0.4, 0.5) is 0 Å². The zero-order valence-corrected chi connectivity index (χ0v) is 10.3. The molecule has 6 nitrogen and oxygen atoms in total. The van der Waals surface area contributed by atoms with E-state index in [0.29, 0.717) is 0 Å². The molecule has 0 amide bonds. The summed E-state index contributed by atoms with van der Waals surface area (Å²) in [5.74, 6) is -0.221. The first-order valence-corrected chi connectivity index (χ1v) is 6.92. The predicted octanol–water partition coefficient (Wildman–Crippen LogP) is 0.391. The normalized spacial score (nSPS) is 24.7. The molecule has 1 saturated carbocycles. The summed E-state index contributed by atoms with van der Waals surface area (Å²) in [6.07, 6.45) is 5.12. The van der Waals surface area contributed by atoms with Crippen LogP contribution in [0.1, 0.15) is 19.3 Å². The second kappa shape index (κ2) is 4.47. The van der Waals surface area contributed by atoms with Crippen LogP contribution < -0.4 is 4.72 Å². The number of nitrogens with zero attached hydrogens (tertiary/aromatic N) is 3. The van der Waals surface area contributed by atoms with E-state index in [-0.39, 0.29) is 16.9 Å². The maximum absolute atomic E-state index is 12.0. The van der Waals surface area contributed by atoms with Crippen LogP contribution >= 0.6 is 0 Å². The van der Waals surface area contributed by atoms with Crippen LogP contribution in [0.5, 0.6) is 0 Å². The van der Waals surface area contributed by atoms with Crippen molar-refractivity contribution in [3.8, 4) is 6.07 Å². The topological polar surface area (TPSA) is 87.8 Å². The first-order valence-electron chi connectivity index (χ1n) is 5.43. The lowest BCUT2D eigenvalue weighted by Crippen LogP contribution is -2.36. The molecular formula is C10H14N4O2S. The van der Waals surface area contributed by atoms with E-state index in [1.807, 2.05) is 0 Å². The molecule has 0 aliphatic heterocycles. The summed E-state index contributed by atoms with van der Waals surface area (Å²) in [7, 11) is -1.89. The molecule has 0 saturated heterocycles. The lowest BCUT2D eigenvalue weighted by molar-refractivity contribution is 0.515. The van der Waals surface area contributed by atoms with E-state index in [9.17, 15) is 8.42 Å². The van der Waals surface area contributed by atoms with Crippen LogP contribution in [0, 0.1) is 17.2 Å². The molecule has 92 valence electrons. The van der Waals surface area contributed by atoms with E-state index >= 15 is 0 Å². The summed E-state index contributed by atoms with van der Waals surface area (Å²) in [5.41, 5.74) is 0. The van der Waals surface area contributed by atoms with Gasteiger partial charge in [0.05, 0.1) is 18.2 Å². The van der Waals surface area contributed by atoms with Crippen molar-refractivity contribution in [2.24, 2.45) is 13.0 Å². The quantitative estimate of drug-likeness (QED) is 0.845. The third kappa shape index (κ3) is 2.48. The molecule has 2 rings (SSSR count). The molecule has 1 aromatic heterocycles. The first-order chi connectivity index (χ1) is 8.03. The lowest BCUT2D eigenvalue weighted by atomic mass is 10.1. The summed E-state index contributed by atoms with van der Waals surface area (Å²) >= 11 is 0. The van der Waals surface area contributed by atoms with Gasteiger partial charge in [-0.25, -0.2) is 13.1 Å². The molecule has 1 aliphatic carbocycles. The van der Waals surface area contributed by atoms with E-state index < -0.39 is 10.0 Å². The first kappa shape index (κ1) is 12.1. The molecule has 0 radical (unpaired) electrons. The highest BCUT2D eigenvalue weighted by Crippen LogP contribution is 2.26. The number of nitrogens with one attached hydrogen (secondary N) is 1. The Hall–Kier alpha value is -1.39. The number of rotatable bonds is 3. The number of aryl methyl sites for hydroxylation is 1. The molecule has 1 heterocycles. The number of nitriles is 1. The molecular weight excluding hydrogens is 240 g/mol. The van der Waals surface area contributed by atoms with Crippen LogP contribution in [-0.4, -0.2) is 24.2 Å². The van der Waals surface area contributed by atoms with Gasteiger partial charge in [-0.3, -0.25) is 4.68 Å². The number of hydrogen-bond acceptors (Lipinski definition) is 4. The number of aromatic nitrogens is 2. The van der Waals surface area contributed by atoms with Gasteiger partial charge >= 0.3 is 0 Å².